The lowest BCUT2D eigenvalue weighted by molar-refractivity contribution is 0.242. The number of thiazole rings is 1. The monoisotopic (exact) mass is 449 g/mol. The van der Waals surface area contributed by atoms with Gasteiger partial charge in [0, 0.05) is 30.1 Å². The van der Waals surface area contributed by atoms with Gasteiger partial charge in [0.05, 0.1) is 16.5 Å². The maximum atomic E-state index is 9.54. The van der Waals surface area contributed by atoms with Crippen LogP contribution in [0.25, 0.3) is 21.0 Å². The molecule has 0 saturated carbocycles. The summed E-state index contributed by atoms with van der Waals surface area (Å²) in [6.07, 6.45) is 6.39. The Labute approximate surface area is 192 Å². The fourth-order valence-electron chi connectivity index (χ4n) is 4.07. The van der Waals surface area contributed by atoms with E-state index in [1.54, 1.807) is 11.3 Å². The Balaban J connectivity index is 1.60. The van der Waals surface area contributed by atoms with E-state index in [4.69, 9.17) is 4.74 Å². The summed E-state index contributed by atoms with van der Waals surface area (Å²) in [5.41, 5.74) is 5.65. The number of ether oxygens (including phenoxy) is 1. The molecular formula is C25H27N3OS2. The van der Waals surface area contributed by atoms with Crippen LogP contribution in [0.15, 0.2) is 42.6 Å². The van der Waals surface area contributed by atoms with Crippen LogP contribution >= 0.6 is 23.1 Å². The topological polar surface area (TPSA) is 57.9 Å². The molecule has 3 aromatic rings. The fraction of sp³-hybridized carbons (Fsp3) is 0.360. The van der Waals surface area contributed by atoms with Crippen molar-refractivity contribution in [3.63, 3.8) is 0 Å². The summed E-state index contributed by atoms with van der Waals surface area (Å²) < 4.78 is 5.75. The van der Waals surface area contributed by atoms with Crippen LogP contribution in [0.3, 0.4) is 0 Å². The molecule has 1 unspecified atom stereocenters. The number of benzene rings is 2. The normalized spacial score (nSPS) is 15.1. The van der Waals surface area contributed by atoms with E-state index >= 15 is 0 Å². The Morgan fingerprint density at radius 2 is 2.19 bits per heavy atom. The number of aromatic nitrogens is 1. The Kier molecular flexibility index (Phi) is 6.96. The van der Waals surface area contributed by atoms with Crippen molar-refractivity contribution in [3.8, 4) is 32.8 Å². The van der Waals surface area contributed by atoms with E-state index in [-0.39, 0.29) is 6.10 Å². The molecule has 31 heavy (non-hydrogen) atoms. The molecule has 2 aromatic carbocycles. The first-order chi connectivity index (χ1) is 15.1. The number of rotatable bonds is 8. The van der Waals surface area contributed by atoms with Crippen LogP contribution < -0.4 is 10.1 Å². The molecule has 1 aromatic heterocycles. The summed E-state index contributed by atoms with van der Waals surface area (Å²) in [5, 5.41) is 14.2. The Morgan fingerprint density at radius 1 is 1.32 bits per heavy atom. The van der Waals surface area contributed by atoms with Gasteiger partial charge in [0.25, 0.3) is 0 Å². The summed E-state index contributed by atoms with van der Waals surface area (Å²) in [4.78, 5) is 5.86. The number of hydrogen-bond acceptors (Lipinski definition) is 6. The van der Waals surface area contributed by atoms with Crippen LogP contribution in [-0.4, -0.2) is 29.6 Å². The minimum absolute atomic E-state index is 0.0311. The number of hydrogen-bond donors (Lipinski definition) is 1. The van der Waals surface area contributed by atoms with Gasteiger partial charge in [-0.2, -0.15) is 17.0 Å². The highest BCUT2D eigenvalue weighted by atomic mass is 32.2. The lowest BCUT2D eigenvalue weighted by Crippen LogP contribution is -2.21. The van der Waals surface area contributed by atoms with Crippen LogP contribution in [0.5, 0.6) is 5.75 Å². The number of thioether (sulfide) groups is 1. The lowest BCUT2D eigenvalue weighted by Gasteiger charge is -2.14. The standard InChI is InChI=1S/C25H27N3OS2/c1-16(2)29-23-10-7-17(13-18(23)14-26)25-28-15-24(31-25)21-6-4-5-20-19(21)8-9-22(20)27-11-12-30-3/h4-7,10,13,15-16,22,27H,8-9,11-12H2,1-3H3. The number of nitrogens with zero attached hydrogens (tertiary/aromatic N) is 2. The maximum absolute atomic E-state index is 9.54. The molecule has 1 atom stereocenters. The van der Waals surface area contributed by atoms with Crippen molar-refractivity contribution in [2.24, 2.45) is 0 Å². The quantitative estimate of drug-likeness (QED) is 0.423. The number of nitrogens with one attached hydrogen (secondary N) is 1. The van der Waals surface area contributed by atoms with E-state index in [1.165, 1.54) is 21.6 Å². The van der Waals surface area contributed by atoms with E-state index in [0.717, 1.165) is 35.7 Å². The van der Waals surface area contributed by atoms with Crippen LogP contribution in [-0.2, 0) is 6.42 Å². The molecule has 4 nitrogen and oxygen atoms in total. The number of nitriles is 1. The summed E-state index contributed by atoms with van der Waals surface area (Å²) in [6.45, 7) is 4.96. The summed E-state index contributed by atoms with van der Waals surface area (Å²) >= 11 is 3.56. The van der Waals surface area contributed by atoms with Crippen LogP contribution in [0.2, 0.25) is 0 Å². The van der Waals surface area contributed by atoms with E-state index in [9.17, 15) is 5.26 Å². The first kappa shape index (κ1) is 21.9. The first-order valence-corrected chi connectivity index (χ1v) is 12.8. The summed E-state index contributed by atoms with van der Waals surface area (Å²) in [5.74, 6) is 1.76. The summed E-state index contributed by atoms with van der Waals surface area (Å²) in [7, 11) is 0. The SMILES string of the molecule is CSCCNC1CCc2c(-c3cnc(-c4ccc(OC(C)C)c(C#N)c4)s3)cccc21. The van der Waals surface area contributed by atoms with Gasteiger partial charge in [0.1, 0.15) is 16.8 Å². The second-order valence-electron chi connectivity index (χ2n) is 7.93. The predicted octanol–water partition coefficient (Wildman–Crippen LogP) is 6.08. The molecule has 0 saturated heterocycles. The number of fused-ring (bicyclic) bond motifs is 1. The van der Waals surface area contributed by atoms with Crippen molar-refractivity contribution in [1.82, 2.24) is 10.3 Å². The van der Waals surface area contributed by atoms with Gasteiger partial charge in [0.15, 0.2) is 0 Å². The van der Waals surface area contributed by atoms with Crippen LogP contribution in [0, 0.1) is 11.3 Å². The highest BCUT2D eigenvalue weighted by Crippen LogP contribution is 2.41. The van der Waals surface area contributed by atoms with Crippen molar-refractivity contribution in [3.05, 3.63) is 59.3 Å². The third kappa shape index (κ3) is 4.79. The maximum Gasteiger partial charge on any atom is 0.137 e. The van der Waals surface area contributed by atoms with E-state index in [1.807, 2.05) is 50.0 Å². The molecule has 6 heteroatoms. The molecule has 160 valence electrons. The van der Waals surface area contributed by atoms with Crippen molar-refractivity contribution in [2.45, 2.75) is 38.8 Å². The van der Waals surface area contributed by atoms with Crippen molar-refractivity contribution >= 4 is 23.1 Å². The third-order valence-corrected chi connectivity index (χ3v) is 7.14. The molecule has 0 amide bonds. The molecule has 1 aliphatic carbocycles. The zero-order chi connectivity index (χ0) is 21.8. The van der Waals surface area contributed by atoms with Crippen molar-refractivity contribution in [2.75, 3.05) is 18.6 Å². The van der Waals surface area contributed by atoms with Gasteiger partial charge in [-0.1, -0.05) is 18.2 Å². The Hall–Kier alpha value is -2.33. The molecule has 0 aliphatic heterocycles. The summed E-state index contributed by atoms with van der Waals surface area (Å²) in [6, 6.07) is 15.1. The average molecular weight is 450 g/mol. The first-order valence-electron chi connectivity index (χ1n) is 10.6. The van der Waals surface area contributed by atoms with Gasteiger partial charge in [-0.05, 0) is 67.8 Å². The van der Waals surface area contributed by atoms with Crippen molar-refractivity contribution < 1.29 is 4.74 Å². The van der Waals surface area contributed by atoms with Gasteiger partial charge in [-0.15, -0.1) is 11.3 Å². The molecule has 4 rings (SSSR count). The van der Waals surface area contributed by atoms with Gasteiger partial charge < -0.3 is 10.1 Å². The second-order valence-corrected chi connectivity index (χ2v) is 9.95. The Bertz CT molecular complexity index is 1100. The lowest BCUT2D eigenvalue weighted by atomic mass is 10.0. The Morgan fingerprint density at radius 3 is 2.97 bits per heavy atom. The molecule has 0 bridgehead atoms. The molecule has 0 spiro atoms. The molecule has 0 radical (unpaired) electrons. The predicted molar refractivity (Wildman–Crippen MR) is 131 cm³/mol. The van der Waals surface area contributed by atoms with Crippen LogP contribution in [0.1, 0.15) is 43.0 Å². The van der Waals surface area contributed by atoms with Gasteiger partial charge in [-0.25, -0.2) is 4.98 Å². The van der Waals surface area contributed by atoms with Crippen LogP contribution in [0.4, 0.5) is 0 Å². The minimum atomic E-state index is 0.0311. The molecule has 1 N–H and O–H groups in total. The van der Waals surface area contributed by atoms with Crippen molar-refractivity contribution in [1.29, 1.82) is 5.26 Å². The molecule has 0 fully saturated rings. The van der Waals surface area contributed by atoms with Gasteiger partial charge in [0.2, 0.25) is 0 Å². The third-order valence-electron chi connectivity index (χ3n) is 5.45. The van der Waals surface area contributed by atoms with E-state index in [0.29, 0.717) is 17.4 Å². The minimum Gasteiger partial charge on any atom is -0.490 e. The average Bonchev–Trinajstić information content (AvgIpc) is 3.41. The zero-order valence-electron chi connectivity index (χ0n) is 18.1. The fourth-order valence-corrected chi connectivity index (χ4v) is 5.36. The molecular weight excluding hydrogens is 422 g/mol. The molecule has 1 heterocycles. The smallest absolute Gasteiger partial charge is 0.137 e. The molecule has 1 aliphatic rings. The van der Waals surface area contributed by atoms with E-state index < -0.39 is 0 Å². The van der Waals surface area contributed by atoms with E-state index in [2.05, 4.69) is 40.8 Å². The second kappa shape index (κ2) is 9.86. The largest absolute Gasteiger partial charge is 0.490 e. The highest BCUT2D eigenvalue weighted by Gasteiger charge is 2.25. The zero-order valence-corrected chi connectivity index (χ0v) is 19.8. The van der Waals surface area contributed by atoms with Gasteiger partial charge >= 0.3 is 0 Å². The van der Waals surface area contributed by atoms with Gasteiger partial charge in [-0.3, -0.25) is 0 Å². The highest BCUT2D eigenvalue weighted by molar-refractivity contribution is 7.98.